The Morgan fingerprint density at radius 1 is 1.00 bits per heavy atom. The lowest BCUT2D eigenvalue weighted by Gasteiger charge is -2.21. The highest BCUT2D eigenvalue weighted by atomic mass is 16.2. The summed E-state index contributed by atoms with van der Waals surface area (Å²) >= 11 is 0. The van der Waals surface area contributed by atoms with E-state index in [-0.39, 0.29) is 17.9 Å². The quantitative estimate of drug-likeness (QED) is 0.919. The number of hydrogen-bond donors (Lipinski definition) is 1. The zero-order valence-electron chi connectivity index (χ0n) is 13.7. The molecule has 0 aliphatic carbocycles. The van der Waals surface area contributed by atoms with E-state index in [4.69, 9.17) is 0 Å². The number of rotatable bonds is 5. The van der Waals surface area contributed by atoms with E-state index >= 15 is 0 Å². The average Bonchev–Trinajstić information content (AvgIpc) is 2.56. The van der Waals surface area contributed by atoms with Crippen LogP contribution < -0.4 is 10.2 Å². The molecule has 0 saturated heterocycles. The number of carbonyl (C=O) groups excluding carboxylic acids is 2. The lowest BCUT2D eigenvalue weighted by atomic mass is 10.1. The zero-order chi connectivity index (χ0) is 16.8. The molecule has 0 aliphatic heterocycles. The Bertz CT molecular complexity index is 681. The molecule has 0 atom stereocenters. The number of nitrogens with one attached hydrogen (secondary N) is 1. The topological polar surface area (TPSA) is 49.4 Å². The van der Waals surface area contributed by atoms with Crippen LogP contribution in [0.3, 0.4) is 0 Å². The van der Waals surface area contributed by atoms with E-state index in [1.54, 1.807) is 29.2 Å². The summed E-state index contributed by atoms with van der Waals surface area (Å²) in [7, 11) is 0. The summed E-state index contributed by atoms with van der Waals surface area (Å²) in [5, 5.41) is 2.84. The Hall–Kier alpha value is -2.62. The van der Waals surface area contributed by atoms with E-state index in [1.807, 2.05) is 51.1 Å². The monoisotopic (exact) mass is 310 g/mol. The minimum Gasteiger partial charge on any atom is -0.350 e. The first-order valence-corrected chi connectivity index (χ1v) is 7.80. The van der Waals surface area contributed by atoms with Gasteiger partial charge in [0.2, 0.25) is 0 Å². The van der Waals surface area contributed by atoms with Crippen LogP contribution in [0.1, 0.15) is 41.5 Å². The molecule has 0 heterocycles. The molecule has 4 heteroatoms. The van der Waals surface area contributed by atoms with E-state index in [9.17, 15) is 9.59 Å². The second kappa shape index (κ2) is 7.58. The fourth-order valence-corrected chi connectivity index (χ4v) is 2.35. The van der Waals surface area contributed by atoms with Gasteiger partial charge in [0.25, 0.3) is 11.8 Å². The van der Waals surface area contributed by atoms with Gasteiger partial charge in [-0.1, -0.05) is 24.3 Å². The molecule has 0 unspecified atom stereocenters. The number of carbonyl (C=O) groups is 2. The number of nitrogens with zero attached hydrogens (tertiary/aromatic N) is 1. The van der Waals surface area contributed by atoms with E-state index in [2.05, 4.69) is 5.32 Å². The van der Waals surface area contributed by atoms with Gasteiger partial charge in [-0.15, -0.1) is 0 Å². The number of hydrogen-bond acceptors (Lipinski definition) is 2. The first-order valence-electron chi connectivity index (χ1n) is 7.80. The molecule has 2 aromatic carbocycles. The Labute approximate surface area is 137 Å². The van der Waals surface area contributed by atoms with Crippen LogP contribution >= 0.6 is 0 Å². The molecule has 0 spiro atoms. The summed E-state index contributed by atoms with van der Waals surface area (Å²) in [6.07, 6.45) is 0. The summed E-state index contributed by atoms with van der Waals surface area (Å²) in [5.41, 5.74) is 1.85. The summed E-state index contributed by atoms with van der Waals surface area (Å²) in [6.45, 7) is 6.30. The van der Waals surface area contributed by atoms with Crippen LogP contribution in [-0.4, -0.2) is 24.4 Å². The summed E-state index contributed by atoms with van der Waals surface area (Å²) in [6, 6.07) is 16.4. The van der Waals surface area contributed by atoms with E-state index in [0.29, 0.717) is 17.7 Å². The molecule has 0 radical (unpaired) electrons. The molecule has 2 rings (SSSR count). The second-order valence-electron chi connectivity index (χ2n) is 5.59. The third-order valence-corrected chi connectivity index (χ3v) is 3.42. The maximum Gasteiger partial charge on any atom is 0.258 e. The predicted molar refractivity (Wildman–Crippen MR) is 92.8 cm³/mol. The minimum atomic E-state index is -0.169. The number of para-hydroxylation sites is 1. The van der Waals surface area contributed by atoms with E-state index in [1.165, 1.54) is 0 Å². The Morgan fingerprint density at radius 3 is 2.26 bits per heavy atom. The Morgan fingerprint density at radius 2 is 1.65 bits per heavy atom. The standard InChI is InChI=1S/C19H22N2O2/c1-4-21(17-11-6-5-7-12-17)19(23)16-10-8-9-15(13-16)18(22)20-14(2)3/h5-14H,4H2,1-3H3,(H,20,22). The van der Waals surface area contributed by atoms with Crippen molar-refractivity contribution in [2.75, 3.05) is 11.4 Å². The molecular weight excluding hydrogens is 288 g/mol. The maximum atomic E-state index is 12.8. The SMILES string of the molecule is CCN(C(=O)c1cccc(C(=O)NC(C)C)c1)c1ccccc1. The molecule has 0 bridgehead atoms. The van der Waals surface area contributed by atoms with Crippen LogP contribution in [0.15, 0.2) is 54.6 Å². The fourth-order valence-electron chi connectivity index (χ4n) is 2.35. The largest absolute Gasteiger partial charge is 0.350 e. The summed E-state index contributed by atoms with van der Waals surface area (Å²) in [4.78, 5) is 26.6. The number of amides is 2. The third-order valence-electron chi connectivity index (χ3n) is 3.42. The van der Waals surface area contributed by atoms with Crippen molar-refractivity contribution in [2.24, 2.45) is 0 Å². The van der Waals surface area contributed by atoms with Crippen molar-refractivity contribution in [2.45, 2.75) is 26.8 Å². The van der Waals surface area contributed by atoms with Crippen molar-refractivity contribution in [1.29, 1.82) is 0 Å². The van der Waals surface area contributed by atoms with Crippen molar-refractivity contribution >= 4 is 17.5 Å². The molecule has 0 fully saturated rings. The van der Waals surface area contributed by atoms with Gasteiger partial charge in [-0.2, -0.15) is 0 Å². The van der Waals surface area contributed by atoms with Crippen molar-refractivity contribution in [1.82, 2.24) is 5.32 Å². The van der Waals surface area contributed by atoms with Crippen LogP contribution in [0.4, 0.5) is 5.69 Å². The fraction of sp³-hybridized carbons (Fsp3) is 0.263. The lowest BCUT2D eigenvalue weighted by molar-refractivity contribution is 0.0943. The summed E-state index contributed by atoms with van der Waals surface area (Å²) in [5.74, 6) is -0.282. The van der Waals surface area contributed by atoms with Gasteiger partial charge in [-0.3, -0.25) is 9.59 Å². The highest BCUT2D eigenvalue weighted by Crippen LogP contribution is 2.17. The van der Waals surface area contributed by atoms with Gasteiger partial charge in [0.15, 0.2) is 0 Å². The van der Waals surface area contributed by atoms with Gasteiger partial charge in [-0.05, 0) is 51.1 Å². The first kappa shape index (κ1) is 16.7. The number of benzene rings is 2. The van der Waals surface area contributed by atoms with Crippen LogP contribution in [0.5, 0.6) is 0 Å². The molecule has 23 heavy (non-hydrogen) atoms. The van der Waals surface area contributed by atoms with Gasteiger partial charge in [0.1, 0.15) is 0 Å². The molecule has 2 amide bonds. The first-order chi connectivity index (χ1) is 11.0. The second-order valence-corrected chi connectivity index (χ2v) is 5.59. The van der Waals surface area contributed by atoms with Crippen molar-refractivity contribution in [3.05, 3.63) is 65.7 Å². The van der Waals surface area contributed by atoms with Crippen LogP contribution in [0, 0.1) is 0 Å². The van der Waals surface area contributed by atoms with E-state index in [0.717, 1.165) is 5.69 Å². The molecule has 2 aromatic rings. The minimum absolute atomic E-state index is 0.0540. The number of anilines is 1. The zero-order valence-corrected chi connectivity index (χ0v) is 13.7. The average molecular weight is 310 g/mol. The normalized spacial score (nSPS) is 10.4. The molecule has 4 nitrogen and oxygen atoms in total. The molecule has 1 N–H and O–H groups in total. The van der Waals surface area contributed by atoms with Gasteiger partial charge >= 0.3 is 0 Å². The van der Waals surface area contributed by atoms with Gasteiger partial charge in [-0.25, -0.2) is 0 Å². The highest BCUT2D eigenvalue weighted by Gasteiger charge is 2.17. The predicted octanol–water partition coefficient (Wildman–Crippen LogP) is 3.49. The van der Waals surface area contributed by atoms with Gasteiger partial charge in [0.05, 0.1) is 0 Å². The third kappa shape index (κ3) is 4.19. The molecule has 0 aromatic heterocycles. The van der Waals surface area contributed by atoms with Crippen LogP contribution in [0.2, 0.25) is 0 Å². The highest BCUT2D eigenvalue weighted by molar-refractivity contribution is 6.07. The molecule has 120 valence electrons. The maximum absolute atomic E-state index is 12.8. The van der Waals surface area contributed by atoms with Crippen molar-refractivity contribution in [3.8, 4) is 0 Å². The Balaban J connectivity index is 2.27. The lowest BCUT2D eigenvalue weighted by Crippen LogP contribution is -2.32. The van der Waals surface area contributed by atoms with Crippen LogP contribution in [-0.2, 0) is 0 Å². The molecule has 0 saturated carbocycles. The van der Waals surface area contributed by atoms with Gasteiger partial charge in [0, 0.05) is 29.4 Å². The Kier molecular flexibility index (Phi) is 5.52. The summed E-state index contributed by atoms with van der Waals surface area (Å²) < 4.78 is 0. The van der Waals surface area contributed by atoms with Crippen molar-refractivity contribution < 1.29 is 9.59 Å². The smallest absolute Gasteiger partial charge is 0.258 e. The van der Waals surface area contributed by atoms with Gasteiger partial charge < -0.3 is 10.2 Å². The molecular formula is C19H22N2O2. The molecule has 0 aliphatic rings. The van der Waals surface area contributed by atoms with Crippen molar-refractivity contribution in [3.63, 3.8) is 0 Å². The van der Waals surface area contributed by atoms with E-state index < -0.39 is 0 Å². The van der Waals surface area contributed by atoms with Crippen LogP contribution in [0.25, 0.3) is 0 Å².